The summed E-state index contributed by atoms with van der Waals surface area (Å²) < 4.78 is 46.8. The summed E-state index contributed by atoms with van der Waals surface area (Å²) in [6.45, 7) is 4.08. The summed E-state index contributed by atoms with van der Waals surface area (Å²) in [7, 11) is 0. The predicted molar refractivity (Wildman–Crippen MR) is 114 cm³/mol. The number of unbranched alkanes of at least 4 members (excludes halogenated alkanes) is 2. The van der Waals surface area contributed by atoms with Gasteiger partial charge >= 0.3 is 6.36 Å². The minimum atomic E-state index is -4.63. The molecular formula is C25H37F3O2. The van der Waals surface area contributed by atoms with Crippen molar-refractivity contribution in [2.45, 2.75) is 89.8 Å². The fourth-order valence-corrected chi connectivity index (χ4v) is 5.40. The van der Waals surface area contributed by atoms with Crippen LogP contribution in [0.4, 0.5) is 13.2 Å². The molecule has 3 rings (SSSR count). The van der Waals surface area contributed by atoms with Crippen LogP contribution < -0.4 is 4.74 Å². The van der Waals surface area contributed by atoms with Gasteiger partial charge in [-0.2, -0.15) is 0 Å². The molecule has 0 saturated heterocycles. The summed E-state index contributed by atoms with van der Waals surface area (Å²) in [5.41, 5.74) is 1.15. The van der Waals surface area contributed by atoms with Crippen LogP contribution in [-0.2, 0) is 4.74 Å². The Labute approximate surface area is 179 Å². The Morgan fingerprint density at radius 3 is 2.00 bits per heavy atom. The first-order valence-corrected chi connectivity index (χ1v) is 11.9. The molecule has 0 aliphatic heterocycles. The average molecular weight is 427 g/mol. The summed E-state index contributed by atoms with van der Waals surface area (Å²) >= 11 is 0. The van der Waals surface area contributed by atoms with Crippen LogP contribution >= 0.6 is 0 Å². The average Bonchev–Trinajstić information content (AvgIpc) is 2.74. The zero-order chi connectivity index (χ0) is 21.4. The molecule has 2 fully saturated rings. The number of ether oxygens (including phenoxy) is 2. The zero-order valence-corrected chi connectivity index (χ0v) is 18.3. The van der Waals surface area contributed by atoms with Crippen molar-refractivity contribution in [2.75, 3.05) is 13.2 Å². The smallest absolute Gasteiger partial charge is 0.406 e. The van der Waals surface area contributed by atoms with Gasteiger partial charge in [0.2, 0.25) is 0 Å². The Balaban J connectivity index is 1.36. The molecule has 0 atom stereocenters. The third-order valence-electron chi connectivity index (χ3n) is 7.16. The molecule has 0 N–H and O–H groups in total. The minimum Gasteiger partial charge on any atom is -0.406 e. The number of hydrogen-bond acceptors (Lipinski definition) is 2. The van der Waals surface area contributed by atoms with Gasteiger partial charge < -0.3 is 9.47 Å². The Hall–Kier alpha value is -1.23. The van der Waals surface area contributed by atoms with Gasteiger partial charge in [0.25, 0.3) is 0 Å². The van der Waals surface area contributed by atoms with Crippen LogP contribution in [0.2, 0.25) is 0 Å². The second-order valence-electron chi connectivity index (χ2n) is 9.29. The standard InChI is InChI=1S/C25H37F3O2/c1-2-3-4-17-29-18-19-5-7-20(8-6-19)21-9-11-22(12-10-21)23-13-15-24(16-14-23)30-25(26,27)28/h13-16,19-22H,2-12,17-18H2,1H3. The highest BCUT2D eigenvalue weighted by atomic mass is 19.4. The van der Waals surface area contributed by atoms with Gasteiger partial charge in [-0.25, -0.2) is 0 Å². The first-order chi connectivity index (χ1) is 14.4. The van der Waals surface area contributed by atoms with Gasteiger partial charge in [-0.3, -0.25) is 0 Å². The van der Waals surface area contributed by atoms with E-state index >= 15 is 0 Å². The molecule has 0 aromatic heterocycles. The lowest BCUT2D eigenvalue weighted by atomic mass is 9.68. The molecule has 170 valence electrons. The van der Waals surface area contributed by atoms with Crippen LogP contribution in [0.5, 0.6) is 5.75 Å². The topological polar surface area (TPSA) is 18.5 Å². The second-order valence-corrected chi connectivity index (χ2v) is 9.29. The zero-order valence-electron chi connectivity index (χ0n) is 18.3. The maximum atomic E-state index is 12.3. The number of halogens is 3. The molecule has 2 aliphatic carbocycles. The van der Waals surface area contributed by atoms with E-state index in [1.165, 1.54) is 69.9 Å². The molecule has 0 bridgehead atoms. The van der Waals surface area contributed by atoms with Crippen molar-refractivity contribution < 1.29 is 22.6 Å². The Morgan fingerprint density at radius 1 is 0.833 bits per heavy atom. The minimum absolute atomic E-state index is 0.133. The Morgan fingerprint density at radius 2 is 1.43 bits per heavy atom. The highest BCUT2D eigenvalue weighted by Crippen LogP contribution is 2.44. The second kappa shape index (κ2) is 11.4. The van der Waals surface area contributed by atoms with Gasteiger partial charge in [0.05, 0.1) is 0 Å². The summed E-state index contributed by atoms with van der Waals surface area (Å²) in [4.78, 5) is 0. The summed E-state index contributed by atoms with van der Waals surface area (Å²) in [6, 6.07) is 6.50. The molecule has 1 aromatic carbocycles. The van der Waals surface area contributed by atoms with E-state index in [1.54, 1.807) is 12.1 Å². The van der Waals surface area contributed by atoms with Crippen LogP contribution in [0.3, 0.4) is 0 Å². The lowest BCUT2D eigenvalue weighted by molar-refractivity contribution is -0.274. The maximum absolute atomic E-state index is 12.3. The molecule has 2 saturated carbocycles. The summed E-state index contributed by atoms with van der Waals surface area (Å²) in [5.74, 6) is 2.75. The van der Waals surface area contributed by atoms with Crippen molar-refractivity contribution in [3.05, 3.63) is 29.8 Å². The predicted octanol–water partition coefficient (Wildman–Crippen LogP) is 7.87. The number of benzene rings is 1. The summed E-state index contributed by atoms with van der Waals surface area (Å²) in [5, 5.41) is 0. The van der Waals surface area contributed by atoms with Crippen LogP contribution in [0.1, 0.15) is 89.0 Å². The molecule has 5 heteroatoms. The van der Waals surface area contributed by atoms with Crippen LogP contribution in [-0.4, -0.2) is 19.6 Å². The lowest BCUT2D eigenvalue weighted by Crippen LogP contribution is -2.26. The van der Waals surface area contributed by atoms with E-state index in [9.17, 15) is 13.2 Å². The first-order valence-electron chi connectivity index (χ1n) is 11.9. The summed E-state index contributed by atoms with van der Waals surface area (Å²) in [6.07, 6.45) is 9.13. The molecule has 0 unspecified atom stereocenters. The van der Waals surface area contributed by atoms with E-state index in [4.69, 9.17) is 4.74 Å². The molecule has 0 radical (unpaired) electrons. The van der Waals surface area contributed by atoms with E-state index in [0.717, 1.165) is 49.4 Å². The number of rotatable bonds is 9. The van der Waals surface area contributed by atoms with Crippen molar-refractivity contribution in [1.29, 1.82) is 0 Å². The fourth-order valence-electron chi connectivity index (χ4n) is 5.40. The molecule has 2 aliphatic rings. The van der Waals surface area contributed by atoms with Gasteiger partial charge in [-0.05, 0) is 99.2 Å². The maximum Gasteiger partial charge on any atom is 0.573 e. The van der Waals surface area contributed by atoms with E-state index in [2.05, 4.69) is 11.7 Å². The van der Waals surface area contributed by atoms with Crippen molar-refractivity contribution in [3.8, 4) is 5.75 Å². The molecule has 2 nitrogen and oxygen atoms in total. The molecule has 30 heavy (non-hydrogen) atoms. The SMILES string of the molecule is CCCCCOCC1CCC(C2CCC(c3ccc(OC(F)(F)F)cc3)CC2)CC1. The highest BCUT2D eigenvalue weighted by molar-refractivity contribution is 5.29. The van der Waals surface area contributed by atoms with E-state index in [1.807, 2.05) is 0 Å². The number of hydrogen-bond donors (Lipinski definition) is 0. The van der Waals surface area contributed by atoms with Gasteiger partial charge in [-0.1, -0.05) is 31.9 Å². The van der Waals surface area contributed by atoms with Crippen molar-refractivity contribution >= 4 is 0 Å². The van der Waals surface area contributed by atoms with E-state index in [-0.39, 0.29) is 5.75 Å². The monoisotopic (exact) mass is 426 g/mol. The van der Waals surface area contributed by atoms with E-state index in [0.29, 0.717) is 5.92 Å². The van der Waals surface area contributed by atoms with Crippen LogP contribution in [0, 0.1) is 17.8 Å². The molecule has 0 heterocycles. The largest absolute Gasteiger partial charge is 0.573 e. The third kappa shape index (κ3) is 7.47. The van der Waals surface area contributed by atoms with Crippen molar-refractivity contribution in [2.24, 2.45) is 17.8 Å². The Bertz CT molecular complexity index is 598. The third-order valence-corrected chi connectivity index (χ3v) is 7.16. The molecular weight excluding hydrogens is 389 g/mol. The molecule has 0 spiro atoms. The van der Waals surface area contributed by atoms with Gasteiger partial charge in [-0.15, -0.1) is 13.2 Å². The van der Waals surface area contributed by atoms with Crippen LogP contribution in [0.15, 0.2) is 24.3 Å². The lowest BCUT2D eigenvalue weighted by Gasteiger charge is -2.38. The quantitative estimate of drug-likeness (QED) is 0.374. The first kappa shape index (κ1) is 23.4. The fraction of sp³-hybridized carbons (Fsp3) is 0.760. The van der Waals surface area contributed by atoms with Crippen LogP contribution in [0.25, 0.3) is 0 Å². The van der Waals surface area contributed by atoms with Gasteiger partial charge in [0.1, 0.15) is 5.75 Å². The highest BCUT2D eigenvalue weighted by Gasteiger charge is 2.32. The van der Waals surface area contributed by atoms with Crippen molar-refractivity contribution in [3.63, 3.8) is 0 Å². The number of alkyl halides is 3. The van der Waals surface area contributed by atoms with Crippen molar-refractivity contribution in [1.82, 2.24) is 0 Å². The Kier molecular flexibility index (Phi) is 8.91. The van der Waals surface area contributed by atoms with Gasteiger partial charge in [0.15, 0.2) is 0 Å². The van der Waals surface area contributed by atoms with E-state index < -0.39 is 6.36 Å². The van der Waals surface area contributed by atoms with Gasteiger partial charge in [0, 0.05) is 13.2 Å². The molecule has 1 aromatic rings. The normalized spacial score (nSPS) is 27.7. The molecule has 0 amide bonds.